The van der Waals surface area contributed by atoms with Gasteiger partial charge in [-0.3, -0.25) is 4.79 Å². The summed E-state index contributed by atoms with van der Waals surface area (Å²) >= 11 is 14.1. The van der Waals surface area contributed by atoms with Gasteiger partial charge in [0.15, 0.2) is 5.83 Å². The second-order valence-corrected chi connectivity index (χ2v) is 26.8. The standard InChI is InChI=1S/C67H75Cl2FN14O3/c1-44(70)63(85)84-32-31-83(37-50(84)14-23-72)62-52-17-29-81(39-56(52)75-65(77-62)86-42-66(18-19-66)40-78-25-2-3-26-78)58-34-48(33-46-9-5-11-54(69)60(46)58)47-15-27-79(35-47)41-67(20-21-67)43-87-64-74-55-38-80(57-12-6-8-45-7-4-10-53(68)59(45)57)28-16-51(55)61(76-64)82-30-24-73-49(36-82)13-22-71/h4-12,33-34,47,49-50,73H,1-3,13-21,24-32,35-43H2/t47?,49-,50-/m0/s1. The van der Waals surface area contributed by atoms with Gasteiger partial charge in [0.05, 0.1) is 78.8 Å². The average molecular weight is 1210 g/mol. The van der Waals surface area contributed by atoms with E-state index in [1.54, 1.807) is 0 Å². The van der Waals surface area contributed by atoms with E-state index in [9.17, 15) is 19.7 Å². The van der Waals surface area contributed by atoms with E-state index in [1.165, 1.54) is 23.3 Å². The summed E-state index contributed by atoms with van der Waals surface area (Å²) in [5, 5.41) is 28.8. The lowest BCUT2D eigenvalue weighted by molar-refractivity contribution is -0.131. The van der Waals surface area contributed by atoms with Crippen LogP contribution in [0.3, 0.4) is 0 Å². The van der Waals surface area contributed by atoms with Crippen LogP contribution in [0.1, 0.15) is 91.8 Å². The molecule has 452 valence electrons. The summed E-state index contributed by atoms with van der Waals surface area (Å²) < 4.78 is 27.8. The molecule has 20 heteroatoms. The van der Waals surface area contributed by atoms with Crippen LogP contribution in [0, 0.1) is 33.5 Å². The minimum atomic E-state index is -1.02. The first-order valence-electron chi connectivity index (χ1n) is 31.4. The Bertz CT molecular complexity index is 3720. The SMILES string of the molecule is C=C(F)C(=O)N1CCN(c2nc(OCC3(CN4CCCC4)CC3)nc3c2CCN(c2cc(C4CCN(CC5(COc6nc7c(c(N8CCN[C@@H](CC#N)C8)n6)CCN(c6cccc8cccc(Cl)c68)C7)CC5)C4)cc4cccc(Cl)c24)C3)C[C@@H]1CC#N. The Kier molecular flexibility index (Phi) is 16.0. The molecule has 17 nitrogen and oxygen atoms in total. The van der Waals surface area contributed by atoms with Crippen molar-refractivity contribution in [3.8, 4) is 24.2 Å². The van der Waals surface area contributed by atoms with Crippen LogP contribution in [0.2, 0.25) is 10.0 Å². The molecule has 6 aromatic rings. The van der Waals surface area contributed by atoms with Crippen LogP contribution in [0.5, 0.6) is 12.0 Å². The Hall–Kier alpha value is -7.06. The number of nitrogens with one attached hydrogen (secondary N) is 1. The van der Waals surface area contributed by atoms with Gasteiger partial charge in [0.2, 0.25) is 0 Å². The predicted octanol–water partition coefficient (Wildman–Crippen LogP) is 10.0. The number of nitrogens with zero attached hydrogens (tertiary/aromatic N) is 13. The third-order valence-electron chi connectivity index (χ3n) is 20.0. The minimum Gasteiger partial charge on any atom is -0.463 e. The third-order valence-corrected chi connectivity index (χ3v) is 20.6. The van der Waals surface area contributed by atoms with Crippen LogP contribution < -0.4 is 34.4 Å². The Morgan fingerprint density at radius 2 is 1.26 bits per heavy atom. The Labute approximate surface area is 518 Å². The van der Waals surface area contributed by atoms with Crippen molar-refractivity contribution >= 4 is 73.7 Å². The summed E-state index contributed by atoms with van der Waals surface area (Å²) in [5.74, 6) is 0.190. The van der Waals surface area contributed by atoms with Gasteiger partial charge in [0, 0.05) is 122 Å². The molecule has 4 aromatic carbocycles. The number of halogens is 3. The molecule has 1 unspecified atom stereocenters. The molecular weight excluding hydrogens is 1140 g/mol. The second kappa shape index (κ2) is 24.1. The molecule has 6 aliphatic heterocycles. The fraction of sp³-hybridized carbons (Fsp3) is 0.507. The lowest BCUT2D eigenvalue weighted by Gasteiger charge is -2.42. The van der Waals surface area contributed by atoms with Crippen molar-refractivity contribution in [2.45, 2.75) is 102 Å². The monoisotopic (exact) mass is 1210 g/mol. The van der Waals surface area contributed by atoms with Crippen molar-refractivity contribution in [2.24, 2.45) is 10.8 Å². The number of benzene rings is 4. The van der Waals surface area contributed by atoms with Gasteiger partial charge in [-0.15, -0.1) is 0 Å². The van der Waals surface area contributed by atoms with Crippen molar-refractivity contribution in [1.82, 2.24) is 40.0 Å². The van der Waals surface area contributed by atoms with Gasteiger partial charge in [-0.1, -0.05) is 72.2 Å². The number of nitriles is 2. The smallest absolute Gasteiger partial charge is 0.318 e. The molecular formula is C67H75Cl2FN14O3. The maximum absolute atomic E-state index is 14.3. The number of fused-ring (bicyclic) bond motifs is 4. The molecule has 4 saturated heterocycles. The van der Waals surface area contributed by atoms with Gasteiger partial charge in [-0.05, 0) is 124 Å². The molecule has 2 aromatic heterocycles. The largest absolute Gasteiger partial charge is 0.463 e. The fourth-order valence-corrected chi connectivity index (χ4v) is 15.4. The lowest BCUT2D eigenvalue weighted by Crippen LogP contribution is -2.55. The van der Waals surface area contributed by atoms with Gasteiger partial charge in [-0.25, -0.2) is 4.39 Å². The maximum Gasteiger partial charge on any atom is 0.318 e. The highest BCUT2D eigenvalue weighted by molar-refractivity contribution is 6.37. The number of anilines is 4. The number of hydrogen-bond acceptors (Lipinski definition) is 16. The van der Waals surface area contributed by atoms with Gasteiger partial charge < -0.3 is 49.1 Å². The van der Waals surface area contributed by atoms with Crippen molar-refractivity contribution in [2.75, 3.05) is 124 Å². The molecule has 6 fully saturated rings. The normalized spacial score (nSPS) is 22.4. The molecule has 1 amide bonds. The van der Waals surface area contributed by atoms with Crippen LogP contribution in [-0.4, -0.2) is 157 Å². The molecule has 2 aliphatic carbocycles. The molecule has 3 atom stereocenters. The quantitative estimate of drug-likeness (QED) is 0.0806. The number of hydrogen-bond donors (Lipinski definition) is 1. The first kappa shape index (κ1) is 57.7. The summed E-state index contributed by atoms with van der Waals surface area (Å²) in [6.45, 7) is 16.3. The van der Waals surface area contributed by atoms with Crippen molar-refractivity contribution in [3.05, 3.63) is 117 Å². The molecule has 0 spiro atoms. The third kappa shape index (κ3) is 11.9. The van der Waals surface area contributed by atoms with E-state index in [0.29, 0.717) is 88.3 Å². The average Bonchev–Trinajstić information content (AvgIpc) is 1.82. The number of rotatable bonds is 18. The summed E-state index contributed by atoms with van der Waals surface area (Å²) in [6.07, 6.45) is 9.80. The van der Waals surface area contributed by atoms with Crippen molar-refractivity contribution in [3.63, 3.8) is 0 Å². The molecule has 8 aliphatic rings. The van der Waals surface area contributed by atoms with Crippen LogP contribution >= 0.6 is 23.2 Å². The summed E-state index contributed by atoms with van der Waals surface area (Å²) in [7, 11) is 0. The zero-order valence-corrected chi connectivity index (χ0v) is 51.0. The molecule has 1 N–H and O–H groups in total. The van der Waals surface area contributed by atoms with Crippen LogP contribution in [0.25, 0.3) is 21.5 Å². The number of likely N-dealkylation sites (tertiary alicyclic amines) is 2. The molecule has 14 rings (SSSR count). The van der Waals surface area contributed by atoms with E-state index in [1.807, 2.05) is 24.3 Å². The molecule has 0 bridgehead atoms. The highest BCUT2D eigenvalue weighted by Gasteiger charge is 2.47. The van der Waals surface area contributed by atoms with Gasteiger partial charge in [0.25, 0.3) is 5.91 Å². The second-order valence-electron chi connectivity index (χ2n) is 26.0. The first-order chi connectivity index (χ1) is 42.4. The Morgan fingerprint density at radius 3 is 1.90 bits per heavy atom. The van der Waals surface area contributed by atoms with E-state index in [4.69, 9.17) is 52.6 Å². The van der Waals surface area contributed by atoms with E-state index in [0.717, 1.165) is 170 Å². The number of carbonyl (C=O) groups is 1. The predicted molar refractivity (Wildman–Crippen MR) is 338 cm³/mol. The number of carbonyl (C=O) groups excluding carboxylic acids is 1. The first-order valence-corrected chi connectivity index (χ1v) is 32.2. The van der Waals surface area contributed by atoms with Gasteiger partial charge >= 0.3 is 12.0 Å². The Balaban J connectivity index is 0.698. The molecule has 0 radical (unpaired) electrons. The summed E-state index contributed by atoms with van der Waals surface area (Å²) in [4.78, 5) is 49.7. The molecule has 87 heavy (non-hydrogen) atoms. The topological polar surface area (TPSA) is 169 Å². The number of piperazine rings is 2. The molecule has 8 heterocycles. The Morgan fingerprint density at radius 1 is 0.667 bits per heavy atom. The highest BCUT2D eigenvalue weighted by atomic mass is 35.5. The summed E-state index contributed by atoms with van der Waals surface area (Å²) in [5.41, 5.74) is 7.58. The van der Waals surface area contributed by atoms with E-state index in [-0.39, 0.29) is 29.8 Å². The van der Waals surface area contributed by atoms with E-state index in [2.05, 4.69) is 95.9 Å². The van der Waals surface area contributed by atoms with Crippen LogP contribution in [-0.2, 0) is 30.7 Å². The highest BCUT2D eigenvalue weighted by Crippen LogP contribution is 2.50. The zero-order chi connectivity index (χ0) is 59.4. The van der Waals surface area contributed by atoms with Crippen molar-refractivity contribution in [1.29, 1.82) is 10.5 Å². The summed E-state index contributed by atoms with van der Waals surface area (Å²) in [6, 6.07) is 28.2. The number of ether oxygens (including phenoxy) is 2. The van der Waals surface area contributed by atoms with Crippen molar-refractivity contribution < 1.29 is 18.7 Å². The lowest BCUT2D eigenvalue weighted by atomic mass is 9.93. The zero-order valence-electron chi connectivity index (χ0n) is 49.5. The number of aromatic nitrogens is 4. The number of amides is 1. The van der Waals surface area contributed by atoms with E-state index >= 15 is 0 Å². The minimum absolute atomic E-state index is 0.00218. The fourth-order valence-electron chi connectivity index (χ4n) is 14.9. The molecule has 2 saturated carbocycles. The van der Waals surface area contributed by atoms with E-state index < -0.39 is 17.8 Å². The van der Waals surface area contributed by atoms with Gasteiger partial charge in [-0.2, -0.15) is 30.5 Å². The maximum atomic E-state index is 14.3. The van der Waals surface area contributed by atoms with Gasteiger partial charge in [0.1, 0.15) is 11.6 Å². The van der Waals surface area contributed by atoms with Crippen LogP contribution in [0.4, 0.5) is 27.4 Å². The van der Waals surface area contributed by atoms with Crippen LogP contribution in [0.15, 0.2) is 79.1 Å².